The van der Waals surface area contributed by atoms with Crippen LogP contribution in [-0.2, 0) is 11.4 Å². The molecule has 0 aliphatic carbocycles. The van der Waals surface area contributed by atoms with Gasteiger partial charge in [-0.15, -0.1) is 0 Å². The number of carboxylic acid groups (broad SMARTS) is 1. The number of nitriles is 1. The molecule has 5 heteroatoms. The van der Waals surface area contributed by atoms with Crippen molar-refractivity contribution in [3.63, 3.8) is 0 Å². The number of benzene rings is 2. The summed E-state index contributed by atoms with van der Waals surface area (Å²) in [5.74, 6) is -0.289. The lowest BCUT2D eigenvalue weighted by atomic mass is 10.1. The molecule has 0 bridgehead atoms. The van der Waals surface area contributed by atoms with Gasteiger partial charge in [-0.25, -0.2) is 0 Å². The topological polar surface area (TPSA) is 82.4 Å². The van der Waals surface area contributed by atoms with Gasteiger partial charge in [0.05, 0.1) is 24.7 Å². The minimum absolute atomic E-state index is 0.230. The zero-order chi connectivity index (χ0) is 16.7. The highest BCUT2D eigenvalue weighted by atomic mass is 16.5. The molecular formula is C18H14NO4-. The monoisotopic (exact) mass is 308 g/mol. The molecule has 0 aliphatic heterocycles. The second-order valence-corrected chi connectivity index (χ2v) is 4.62. The first-order chi connectivity index (χ1) is 11.1. The summed E-state index contributed by atoms with van der Waals surface area (Å²) in [6.45, 7) is 0.230. The minimum Gasteiger partial charge on any atom is -0.545 e. The SMILES string of the molecule is COc1cc(/C=C/C(=O)[O-])ccc1OCc1ccccc1C#N. The average Bonchev–Trinajstić information content (AvgIpc) is 2.58. The van der Waals surface area contributed by atoms with Crippen LogP contribution in [0.5, 0.6) is 11.5 Å². The second-order valence-electron chi connectivity index (χ2n) is 4.62. The number of nitrogens with zero attached hydrogens (tertiary/aromatic N) is 1. The number of hydrogen-bond donors (Lipinski definition) is 0. The molecule has 0 unspecified atom stereocenters. The van der Waals surface area contributed by atoms with Gasteiger partial charge in [-0.1, -0.05) is 30.3 Å². The summed E-state index contributed by atoms with van der Waals surface area (Å²) in [7, 11) is 1.50. The second kappa shape index (κ2) is 7.66. The Hall–Kier alpha value is -3.26. The van der Waals surface area contributed by atoms with Crippen LogP contribution in [-0.4, -0.2) is 13.1 Å². The maximum atomic E-state index is 10.4. The van der Waals surface area contributed by atoms with Crippen molar-refractivity contribution in [3.05, 3.63) is 65.2 Å². The molecule has 0 fully saturated rings. The summed E-state index contributed by atoms with van der Waals surface area (Å²) in [6.07, 6.45) is 2.35. The van der Waals surface area contributed by atoms with E-state index in [9.17, 15) is 9.90 Å². The zero-order valence-electron chi connectivity index (χ0n) is 12.5. The molecule has 2 aromatic rings. The van der Waals surface area contributed by atoms with Crippen LogP contribution in [0.2, 0.25) is 0 Å². The van der Waals surface area contributed by atoms with Crippen LogP contribution in [0.4, 0.5) is 0 Å². The quantitative estimate of drug-likeness (QED) is 0.761. The fourth-order valence-electron chi connectivity index (χ4n) is 1.98. The largest absolute Gasteiger partial charge is 0.545 e. The molecule has 0 saturated carbocycles. The van der Waals surface area contributed by atoms with E-state index >= 15 is 0 Å². The molecule has 2 aromatic carbocycles. The van der Waals surface area contributed by atoms with Gasteiger partial charge >= 0.3 is 0 Å². The Balaban J connectivity index is 2.17. The number of carbonyl (C=O) groups is 1. The van der Waals surface area contributed by atoms with Gasteiger partial charge in [-0.3, -0.25) is 0 Å². The van der Waals surface area contributed by atoms with E-state index in [1.807, 2.05) is 12.1 Å². The summed E-state index contributed by atoms with van der Waals surface area (Å²) < 4.78 is 11.0. The average molecular weight is 308 g/mol. The van der Waals surface area contributed by atoms with Crippen molar-refractivity contribution in [2.75, 3.05) is 7.11 Å². The Kier molecular flexibility index (Phi) is 5.37. The molecule has 0 saturated heterocycles. The Bertz CT molecular complexity index is 775. The summed E-state index contributed by atoms with van der Waals surface area (Å²) in [4.78, 5) is 10.4. The summed E-state index contributed by atoms with van der Waals surface area (Å²) in [6, 6.07) is 14.3. The number of hydrogen-bond acceptors (Lipinski definition) is 5. The molecule has 0 amide bonds. The van der Waals surface area contributed by atoms with E-state index in [-0.39, 0.29) is 6.61 Å². The van der Waals surface area contributed by atoms with E-state index in [4.69, 9.17) is 14.7 Å². The van der Waals surface area contributed by atoms with Crippen LogP contribution in [0.1, 0.15) is 16.7 Å². The fourth-order valence-corrected chi connectivity index (χ4v) is 1.98. The lowest BCUT2D eigenvalue weighted by Crippen LogP contribution is -2.18. The van der Waals surface area contributed by atoms with Gasteiger partial charge in [0.25, 0.3) is 0 Å². The van der Waals surface area contributed by atoms with Crippen molar-refractivity contribution < 1.29 is 19.4 Å². The number of carbonyl (C=O) groups excluding carboxylic acids is 1. The Labute approximate surface area is 134 Å². The van der Waals surface area contributed by atoms with Crippen LogP contribution in [0.15, 0.2) is 48.5 Å². The van der Waals surface area contributed by atoms with Crippen LogP contribution < -0.4 is 14.6 Å². The van der Waals surface area contributed by atoms with Crippen molar-refractivity contribution in [1.82, 2.24) is 0 Å². The molecule has 0 aromatic heterocycles. The van der Waals surface area contributed by atoms with Gasteiger partial charge in [0.15, 0.2) is 11.5 Å². The normalized spacial score (nSPS) is 10.3. The van der Waals surface area contributed by atoms with Crippen molar-refractivity contribution in [2.45, 2.75) is 6.61 Å². The first-order valence-corrected chi connectivity index (χ1v) is 6.82. The zero-order valence-corrected chi connectivity index (χ0v) is 12.5. The first-order valence-electron chi connectivity index (χ1n) is 6.82. The van der Waals surface area contributed by atoms with Crippen molar-refractivity contribution in [1.29, 1.82) is 5.26 Å². The van der Waals surface area contributed by atoms with Crippen LogP contribution >= 0.6 is 0 Å². The van der Waals surface area contributed by atoms with E-state index < -0.39 is 5.97 Å². The molecule has 0 atom stereocenters. The Morgan fingerprint density at radius 1 is 1.26 bits per heavy atom. The number of carboxylic acids is 1. The van der Waals surface area contributed by atoms with E-state index in [1.165, 1.54) is 13.2 Å². The van der Waals surface area contributed by atoms with E-state index in [1.54, 1.807) is 30.3 Å². The Morgan fingerprint density at radius 2 is 2.04 bits per heavy atom. The molecule has 0 heterocycles. The van der Waals surface area contributed by atoms with Crippen LogP contribution in [0, 0.1) is 11.3 Å². The molecule has 2 rings (SSSR count). The van der Waals surface area contributed by atoms with Gasteiger partial charge in [0.2, 0.25) is 0 Å². The third kappa shape index (κ3) is 4.35. The molecule has 0 spiro atoms. The first kappa shape index (κ1) is 16.1. The molecular weight excluding hydrogens is 294 g/mol. The van der Waals surface area contributed by atoms with Crippen molar-refractivity contribution >= 4 is 12.0 Å². The standard InChI is InChI=1S/C18H15NO4/c1-22-17-10-13(7-9-18(20)21)6-8-16(17)23-12-15-5-3-2-4-14(15)11-19/h2-10H,12H2,1H3,(H,20,21)/p-1/b9-7+. The molecule has 116 valence electrons. The summed E-state index contributed by atoms with van der Waals surface area (Å²) in [5, 5.41) is 19.5. The summed E-state index contributed by atoms with van der Waals surface area (Å²) in [5.41, 5.74) is 1.98. The molecule has 0 N–H and O–H groups in total. The third-order valence-electron chi connectivity index (χ3n) is 3.12. The highest BCUT2D eigenvalue weighted by Gasteiger charge is 2.07. The van der Waals surface area contributed by atoms with Gasteiger partial charge < -0.3 is 19.4 Å². The predicted octanol–water partition coefficient (Wildman–Crippen LogP) is 1.91. The minimum atomic E-state index is -1.27. The lowest BCUT2D eigenvalue weighted by Gasteiger charge is -2.12. The van der Waals surface area contributed by atoms with Gasteiger partial charge in [0.1, 0.15) is 6.61 Å². The highest BCUT2D eigenvalue weighted by Crippen LogP contribution is 2.29. The van der Waals surface area contributed by atoms with Crippen molar-refractivity contribution in [2.24, 2.45) is 0 Å². The molecule has 0 aliphatic rings. The number of aliphatic carboxylic acids is 1. The van der Waals surface area contributed by atoms with Crippen molar-refractivity contribution in [3.8, 4) is 17.6 Å². The van der Waals surface area contributed by atoms with E-state index in [0.29, 0.717) is 22.6 Å². The molecule has 23 heavy (non-hydrogen) atoms. The maximum absolute atomic E-state index is 10.4. The van der Waals surface area contributed by atoms with E-state index in [0.717, 1.165) is 11.6 Å². The smallest absolute Gasteiger partial charge is 0.161 e. The predicted molar refractivity (Wildman–Crippen MR) is 82.5 cm³/mol. The Morgan fingerprint density at radius 3 is 2.74 bits per heavy atom. The highest BCUT2D eigenvalue weighted by molar-refractivity contribution is 5.83. The third-order valence-corrected chi connectivity index (χ3v) is 3.12. The molecule has 5 nitrogen and oxygen atoms in total. The number of rotatable bonds is 6. The molecule has 0 radical (unpaired) electrons. The van der Waals surface area contributed by atoms with Crippen LogP contribution in [0.3, 0.4) is 0 Å². The fraction of sp³-hybridized carbons (Fsp3) is 0.111. The summed E-state index contributed by atoms with van der Waals surface area (Å²) >= 11 is 0. The maximum Gasteiger partial charge on any atom is 0.161 e. The van der Waals surface area contributed by atoms with Gasteiger partial charge in [-0.2, -0.15) is 5.26 Å². The lowest BCUT2D eigenvalue weighted by molar-refractivity contribution is -0.297. The van der Waals surface area contributed by atoms with Gasteiger partial charge in [-0.05, 0) is 29.8 Å². The number of ether oxygens (including phenoxy) is 2. The van der Waals surface area contributed by atoms with Gasteiger partial charge in [0, 0.05) is 5.56 Å². The van der Waals surface area contributed by atoms with E-state index in [2.05, 4.69) is 6.07 Å². The number of methoxy groups -OCH3 is 1. The van der Waals surface area contributed by atoms with Crippen LogP contribution in [0.25, 0.3) is 6.08 Å².